The van der Waals surface area contributed by atoms with E-state index in [-0.39, 0.29) is 0 Å². The highest BCUT2D eigenvalue weighted by molar-refractivity contribution is 9.10. The molecule has 20 heavy (non-hydrogen) atoms. The van der Waals surface area contributed by atoms with E-state index in [0.29, 0.717) is 6.04 Å². The highest BCUT2D eigenvalue weighted by Gasteiger charge is 2.13. The lowest BCUT2D eigenvalue weighted by atomic mass is 9.98. The summed E-state index contributed by atoms with van der Waals surface area (Å²) in [7, 11) is 2.03. The molecule has 0 saturated carbocycles. The Hall–Kier alpha value is -0.770. The number of benzene rings is 2. The third-order valence-corrected chi connectivity index (χ3v) is 5.73. The molecule has 0 saturated heterocycles. The van der Waals surface area contributed by atoms with Crippen molar-refractivity contribution < 1.29 is 0 Å². The molecule has 0 spiro atoms. The third kappa shape index (κ3) is 3.66. The Balaban J connectivity index is 2.14. The van der Waals surface area contributed by atoms with Crippen LogP contribution in [0.25, 0.3) is 0 Å². The van der Waals surface area contributed by atoms with E-state index in [1.165, 1.54) is 26.1 Å². The van der Waals surface area contributed by atoms with Gasteiger partial charge in [-0.25, -0.2) is 0 Å². The predicted octanol–water partition coefficient (Wildman–Crippen LogP) is 5.12. The van der Waals surface area contributed by atoms with Gasteiger partial charge < -0.3 is 5.32 Å². The monoisotopic (exact) mass is 349 g/mol. The summed E-state index contributed by atoms with van der Waals surface area (Å²) < 4.78 is 1.17. The average molecular weight is 350 g/mol. The van der Waals surface area contributed by atoms with Gasteiger partial charge in [-0.15, -0.1) is 11.8 Å². The van der Waals surface area contributed by atoms with Crippen LogP contribution in [0, 0.1) is 13.8 Å². The average Bonchev–Trinajstić information content (AvgIpc) is 2.45. The fourth-order valence-electron chi connectivity index (χ4n) is 2.21. The Morgan fingerprint density at radius 2 is 1.85 bits per heavy atom. The fraction of sp³-hybridized carbons (Fsp3) is 0.294. The molecule has 2 aromatic rings. The van der Waals surface area contributed by atoms with Crippen LogP contribution in [0.15, 0.2) is 51.8 Å². The van der Waals surface area contributed by atoms with Gasteiger partial charge in [0.05, 0.1) is 0 Å². The molecule has 106 valence electrons. The van der Waals surface area contributed by atoms with Crippen molar-refractivity contribution in [3.8, 4) is 0 Å². The van der Waals surface area contributed by atoms with Crippen molar-refractivity contribution >= 4 is 27.7 Å². The summed E-state index contributed by atoms with van der Waals surface area (Å²) in [6.07, 6.45) is 0. The largest absolute Gasteiger partial charge is 0.312 e. The van der Waals surface area contributed by atoms with Crippen LogP contribution in [-0.4, -0.2) is 12.8 Å². The second-order valence-corrected chi connectivity index (χ2v) is 6.79. The van der Waals surface area contributed by atoms with E-state index in [0.717, 1.165) is 5.75 Å². The Bertz CT molecular complexity index is 583. The number of nitrogens with one attached hydrogen (secondary N) is 1. The van der Waals surface area contributed by atoms with Gasteiger partial charge in [0.15, 0.2) is 0 Å². The second kappa shape index (κ2) is 7.30. The van der Waals surface area contributed by atoms with E-state index in [2.05, 4.69) is 77.6 Å². The van der Waals surface area contributed by atoms with Crippen molar-refractivity contribution in [2.75, 3.05) is 12.8 Å². The van der Waals surface area contributed by atoms with E-state index in [1.54, 1.807) is 0 Å². The smallest absolute Gasteiger partial charge is 0.0415 e. The number of halogens is 1. The third-order valence-electron chi connectivity index (χ3n) is 3.61. The molecular weight excluding hydrogens is 330 g/mol. The number of hydrogen-bond acceptors (Lipinski definition) is 2. The quantitative estimate of drug-likeness (QED) is 0.752. The fourth-order valence-corrected chi connectivity index (χ4v) is 3.92. The van der Waals surface area contributed by atoms with Gasteiger partial charge in [-0.1, -0.05) is 30.3 Å². The number of thioether (sulfide) groups is 1. The first-order valence-corrected chi connectivity index (χ1v) is 8.52. The zero-order chi connectivity index (χ0) is 14.5. The maximum atomic E-state index is 3.61. The predicted molar refractivity (Wildman–Crippen MR) is 92.6 cm³/mol. The molecule has 1 atom stereocenters. The molecule has 0 fully saturated rings. The van der Waals surface area contributed by atoms with Crippen molar-refractivity contribution in [2.24, 2.45) is 0 Å². The van der Waals surface area contributed by atoms with Gasteiger partial charge in [0.1, 0.15) is 0 Å². The molecule has 3 heteroatoms. The molecule has 0 bridgehead atoms. The summed E-state index contributed by atoms with van der Waals surface area (Å²) in [6, 6.07) is 15.3. The minimum absolute atomic E-state index is 0.368. The van der Waals surface area contributed by atoms with Crippen LogP contribution in [0.3, 0.4) is 0 Å². The van der Waals surface area contributed by atoms with Crippen molar-refractivity contribution in [3.63, 3.8) is 0 Å². The molecule has 0 heterocycles. The first-order valence-electron chi connectivity index (χ1n) is 6.74. The molecular formula is C17H20BrNS. The number of rotatable bonds is 5. The zero-order valence-electron chi connectivity index (χ0n) is 12.1. The minimum Gasteiger partial charge on any atom is -0.312 e. The summed E-state index contributed by atoms with van der Waals surface area (Å²) in [4.78, 5) is 1.29. The summed E-state index contributed by atoms with van der Waals surface area (Å²) >= 11 is 5.49. The second-order valence-electron chi connectivity index (χ2n) is 4.87. The molecule has 1 N–H and O–H groups in total. The summed E-state index contributed by atoms with van der Waals surface area (Å²) in [5.41, 5.74) is 4.14. The Morgan fingerprint density at radius 3 is 2.55 bits per heavy atom. The molecule has 2 rings (SSSR count). The molecule has 0 aliphatic rings. The van der Waals surface area contributed by atoms with Crippen LogP contribution < -0.4 is 5.32 Å². The minimum atomic E-state index is 0.368. The molecule has 1 nitrogen and oxygen atoms in total. The Morgan fingerprint density at radius 1 is 1.10 bits per heavy atom. The van der Waals surface area contributed by atoms with Crippen LogP contribution in [0.4, 0.5) is 0 Å². The van der Waals surface area contributed by atoms with E-state index in [4.69, 9.17) is 0 Å². The van der Waals surface area contributed by atoms with Crippen molar-refractivity contribution in [1.29, 1.82) is 0 Å². The van der Waals surface area contributed by atoms with E-state index in [1.807, 2.05) is 18.8 Å². The van der Waals surface area contributed by atoms with Crippen molar-refractivity contribution in [2.45, 2.75) is 24.8 Å². The van der Waals surface area contributed by atoms with E-state index < -0.39 is 0 Å². The van der Waals surface area contributed by atoms with Crippen LogP contribution in [0.2, 0.25) is 0 Å². The number of aryl methyl sites for hydroxylation is 1. The lowest BCUT2D eigenvalue weighted by Crippen LogP contribution is -2.20. The molecule has 0 aliphatic heterocycles. The van der Waals surface area contributed by atoms with Gasteiger partial charge in [-0.05, 0) is 65.6 Å². The topological polar surface area (TPSA) is 12.0 Å². The lowest BCUT2D eigenvalue weighted by Gasteiger charge is -2.20. The van der Waals surface area contributed by atoms with Crippen LogP contribution >= 0.6 is 27.7 Å². The van der Waals surface area contributed by atoms with Crippen LogP contribution in [0.1, 0.15) is 22.7 Å². The molecule has 0 aromatic heterocycles. The van der Waals surface area contributed by atoms with Gasteiger partial charge in [-0.2, -0.15) is 0 Å². The summed E-state index contributed by atoms with van der Waals surface area (Å²) in [5.74, 6) is 1.02. The Labute approximate surface area is 134 Å². The molecule has 2 aromatic carbocycles. The maximum absolute atomic E-state index is 3.61. The standard InChI is InChI=1S/C17H20BrNS/c1-12-7-6-8-14(13(12)2)16(19-3)11-20-17-10-5-4-9-15(17)18/h4-10,16,19H,11H2,1-3H3. The van der Waals surface area contributed by atoms with Crippen molar-refractivity contribution in [3.05, 3.63) is 63.6 Å². The molecule has 0 amide bonds. The van der Waals surface area contributed by atoms with Crippen LogP contribution in [0.5, 0.6) is 0 Å². The molecule has 1 unspecified atom stereocenters. The number of hydrogen-bond donors (Lipinski definition) is 1. The van der Waals surface area contributed by atoms with Gasteiger partial charge in [0, 0.05) is 21.2 Å². The normalized spacial score (nSPS) is 12.4. The van der Waals surface area contributed by atoms with Gasteiger partial charge in [0.25, 0.3) is 0 Å². The highest BCUT2D eigenvalue weighted by Crippen LogP contribution is 2.31. The first-order chi connectivity index (χ1) is 9.63. The molecule has 0 radical (unpaired) electrons. The van der Waals surface area contributed by atoms with Crippen molar-refractivity contribution in [1.82, 2.24) is 5.32 Å². The molecule has 0 aliphatic carbocycles. The zero-order valence-corrected chi connectivity index (χ0v) is 14.5. The van der Waals surface area contributed by atoms with Crippen LogP contribution in [-0.2, 0) is 0 Å². The summed E-state index contributed by atoms with van der Waals surface area (Å²) in [6.45, 7) is 4.38. The van der Waals surface area contributed by atoms with Gasteiger partial charge in [-0.3, -0.25) is 0 Å². The SMILES string of the molecule is CNC(CSc1ccccc1Br)c1cccc(C)c1C. The van der Waals surface area contributed by atoms with E-state index in [9.17, 15) is 0 Å². The lowest BCUT2D eigenvalue weighted by molar-refractivity contribution is 0.657. The van der Waals surface area contributed by atoms with E-state index >= 15 is 0 Å². The Kier molecular flexibility index (Phi) is 5.70. The highest BCUT2D eigenvalue weighted by atomic mass is 79.9. The maximum Gasteiger partial charge on any atom is 0.0415 e. The summed E-state index contributed by atoms with van der Waals surface area (Å²) in [5, 5.41) is 3.44. The van der Waals surface area contributed by atoms with Gasteiger partial charge >= 0.3 is 0 Å². The first kappa shape index (κ1) is 15.6. The van der Waals surface area contributed by atoms with Gasteiger partial charge in [0.2, 0.25) is 0 Å².